The van der Waals surface area contributed by atoms with Crippen molar-refractivity contribution >= 4 is 11.6 Å². The predicted molar refractivity (Wildman–Crippen MR) is 70.9 cm³/mol. The number of quaternary nitrogens is 1. The van der Waals surface area contributed by atoms with Gasteiger partial charge in [0, 0.05) is 24.1 Å². The third-order valence-electron chi connectivity index (χ3n) is 4.22. The number of halogens is 2. The van der Waals surface area contributed by atoms with E-state index >= 15 is 0 Å². The van der Waals surface area contributed by atoms with Gasteiger partial charge in [-0.15, -0.1) is 0 Å². The van der Waals surface area contributed by atoms with Crippen LogP contribution in [0.1, 0.15) is 12.8 Å². The van der Waals surface area contributed by atoms with E-state index in [0.29, 0.717) is 18.5 Å². The van der Waals surface area contributed by atoms with E-state index in [1.807, 2.05) is 5.32 Å². The van der Waals surface area contributed by atoms with Crippen LogP contribution in [0.3, 0.4) is 0 Å². The van der Waals surface area contributed by atoms with Crippen molar-refractivity contribution < 1.29 is 18.9 Å². The molecule has 0 saturated heterocycles. The van der Waals surface area contributed by atoms with Crippen molar-refractivity contribution in [1.82, 2.24) is 0 Å². The molecule has 0 heterocycles. The van der Waals surface area contributed by atoms with Gasteiger partial charge in [0.15, 0.2) is 18.2 Å². The summed E-state index contributed by atoms with van der Waals surface area (Å²) in [6, 6.07) is 3.84. The van der Waals surface area contributed by atoms with Crippen LogP contribution in [0.4, 0.5) is 14.5 Å². The Bertz CT molecular complexity index is 559. The molecule has 2 aliphatic carbocycles. The zero-order chi connectivity index (χ0) is 14.1. The van der Waals surface area contributed by atoms with E-state index in [9.17, 15) is 13.6 Å². The first-order chi connectivity index (χ1) is 9.63. The van der Waals surface area contributed by atoms with Gasteiger partial charge in [-0.1, -0.05) is 12.2 Å². The molecule has 0 radical (unpaired) electrons. The monoisotopic (exact) mass is 279 g/mol. The lowest BCUT2D eigenvalue weighted by Crippen LogP contribution is -2.95. The molecular weight excluding hydrogens is 262 g/mol. The molecule has 3 rings (SSSR count). The predicted octanol–water partition coefficient (Wildman–Crippen LogP) is 1.43. The van der Waals surface area contributed by atoms with Crippen LogP contribution >= 0.6 is 0 Å². The van der Waals surface area contributed by atoms with Crippen molar-refractivity contribution in [3.8, 4) is 0 Å². The second-order valence-electron chi connectivity index (χ2n) is 5.52. The fourth-order valence-electron chi connectivity index (χ4n) is 3.08. The van der Waals surface area contributed by atoms with Gasteiger partial charge in [0.25, 0.3) is 5.91 Å². The SMILES string of the molecule is O=C(C[NH2+][C@H]1C[C@@H]2CC=C[C@@H]21)Nc1ccc(F)c(F)c1. The number of carbonyl (C=O) groups excluding carboxylic acids is 1. The Morgan fingerprint density at radius 3 is 2.95 bits per heavy atom. The van der Waals surface area contributed by atoms with Crippen molar-refractivity contribution in [3.63, 3.8) is 0 Å². The maximum Gasteiger partial charge on any atom is 0.279 e. The summed E-state index contributed by atoms with van der Waals surface area (Å²) in [6.45, 7) is 0.306. The van der Waals surface area contributed by atoms with Crippen LogP contribution < -0.4 is 10.6 Å². The highest BCUT2D eigenvalue weighted by molar-refractivity contribution is 5.91. The summed E-state index contributed by atoms with van der Waals surface area (Å²) in [5.41, 5.74) is 0.287. The number of amides is 1. The highest BCUT2D eigenvalue weighted by Gasteiger charge is 2.43. The van der Waals surface area contributed by atoms with E-state index in [2.05, 4.69) is 17.5 Å². The number of rotatable bonds is 4. The van der Waals surface area contributed by atoms with Crippen molar-refractivity contribution in [2.75, 3.05) is 11.9 Å². The minimum absolute atomic E-state index is 0.193. The molecule has 106 valence electrons. The number of allylic oxidation sites excluding steroid dienone is 1. The number of anilines is 1. The molecule has 1 aromatic carbocycles. The molecule has 3 N–H and O–H groups in total. The highest BCUT2D eigenvalue weighted by Crippen LogP contribution is 2.40. The fraction of sp³-hybridized carbons (Fsp3) is 0.400. The molecule has 3 atom stereocenters. The number of carbonyl (C=O) groups is 1. The summed E-state index contributed by atoms with van der Waals surface area (Å²) in [5, 5.41) is 4.61. The van der Waals surface area contributed by atoms with Crippen LogP contribution in [-0.2, 0) is 4.79 Å². The molecule has 0 bridgehead atoms. The molecule has 2 aliphatic rings. The molecule has 20 heavy (non-hydrogen) atoms. The number of nitrogens with two attached hydrogens (primary N) is 1. The Morgan fingerprint density at radius 1 is 1.35 bits per heavy atom. The number of nitrogens with one attached hydrogen (secondary N) is 1. The van der Waals surface area contributed by atoms with Gasteiger partial charge in [0.05, 0.1) is 6.04 Å². The number of fused-ring (bicyclic) bond motifs is 1. The van der Waals surface area contributed by atoms with E-state index in [0.717, 1.165) is 30.9 Å². The normalized spacial score (nSPS) is 27.0. The smallest absolute Gasteiger partial charge is 0.279 e. The fourth-order valence-corrected chi connectivity index (χ4v) is 3.08. The third-order valence-corrected chi connectivity index (χ3v) is 4.22. The van der Waals surface area contributed by atoms with Gasteiger partial charge < -0.3 is 10.6 Å². The van der Waals surface area contributed by atoms with Gasteiger partial charge >= 0.3 is 0 Å². The lowest BCUT2D eigenvalue weighted by molar-refractivity contribution is -0.697. The van der Waals surface area contributed by atoms with Gasteiger partial charge in [-0.05, 0) is 24.5 Å². The Morgan fingerprint density at radius 2 is 2.20 bits per heavy atom. The second-order valence-corrected chi connectivity index (χ2v) is 5.52. The van der Waals surface area contributed by atoms with E-state index in [1.54, 1.807) is 0 Å². The van der Waals surface area contributed by atoms with Crippen LogP contribution in [0, 0.1) is 23.5 Å². The van der Waals surface area contributed by atoms with E-state index in [-0.39, 0.29) is 11.6 Å². The molecule has 0 unspecified atom stereocenters. The molecular formula is C15H17F2N2O+. The van der Waals surface area contributed by atoms with Crippen molar-refractivity contribution in [2.45, 2.75) is 18.9 Å². The third kappa shape index (κ3) is 2.58. The summed E-state index contributed by atoms with van der Waals surface area (Å²) in [5.74, 6) is -0.689. The first kappa shape index (κ1) is 13.2. The maximum absolute atomic E-state index is 13.0. The molecule has 5 heteroatoms. The number of hydrogen-bond donors (Lipinski definition) is 2. The van der Waals surface area contributed by atoms with E-state index in [4.69, 9.17) is 0 Å². The standard InChI is InChI=1S/C15H16F2N2O/c16-12-5-4-10(7-13(12)17)19-15(20)8-18-14-6-9-2-1-3-11(9)14/h1,3-5,7,9,11,14,18H,2,6,8H2,(H,19,20)/p+1/t9-,11-,14-/m0/s1. The average molecular weight is 279 g/mol. The maximum atomic E-state index is 13.0. The van der Waals surface area contributed by atoms with E-state index in [1.165, 1.54) is 6.07 Å². The van der Waals surface area contributed by atoms with Gasteiger partial charge in [0.1, 0.15) is 0 Å². The Hall–Kier alpha value is -1.75. The molecule has 0 aliphatic heterocycles. The van der Waals surface area contributed by atoms with Crippen molar-refractivity contribution in [2.24, 2.45) is 11.8 Å². The topological polar surface area (TPSA) is 45.7 Å². The number of hydrogen-bond acceptors (Lipinski definition) is 1. The molecule has 1 saturated carbocycles. The molecule has 1 amide bonds. The minimum Gasteiger partial charge on any atom is -0.336 e. The summed E-state index contributed by atoms with van der Waals surface area (Å²) in [4.78, 5) is 11.8. The molecule has 1 aromatic rings. The van der Waals surface area contributed by atoms with Gasteiger partial charge in [-0.3, -0.25) is 4.79 Å². The molecule has 3 nitrogen and oxygen atoms in total. The summed E-state index contributed by atoms with van der Waals surface area (Å²) >= 11 is 0. The summed E-state index contributed by atoms with van der Waals surface area (Å²) < 4.78 is 25.8. The van der Waals surface area contributed by atoms with Crippen LogP contribution in [0.2, 0.25) is 0 Å². The average Bonchev–Trinajstić information content (AvgIpc) is 2.76. The lowest BCUT2D eigenvalue weighted by Gasteiger charge is -2.37. The Balaban J connectivity index is 1.47. The quantitative estimate of drug-likeness (QED) is 0.805. The summed E-state index contributed by atoms with van der Waals surface area (Å²) in [7, 11) is 0. The van der Waals surface area contributed by atoms with Gasteiger partial charge in [-0.25, -0.2) is 8.78 Å². The van der Waals surface area contributed by atoms with Crippen LogP contribution in [0.5, 0.6) is 0 Å². The van der Waals surface area contributed by atoms with Crippen molar-refractivity contribution in [1.29, 1.82) is 0 Å². The zero-order valence-corrected chi connectivity index (χ0v) is 11.0. The largest absolute Gasteiger partial charge is 0.336 e. The van der Waals surface area contributed by atoms with E-state index < -0.39 is 11.6 Å². The molecule has 0 spiro atoms. The van der Waals surface area contributed by atoms with Crippen LogP contribution in [0.15, 0.2) is 30.4 Å². The highest BCUT2D eigenvalue weighted by atomic mass is 19.2. The van der Waals surface area contributed by atoms with Crippen LogP contribution in [-0.4, -0.2) is 18.5 Å². The zero-order valence-electron chi connectivity index (χ0n) is 11.0. The van der Waals surface area contributed by atoms with Crippen LogP contribution in [0.25, 0.3) is 0 Å². The number of benzene rings is 1. The molecule has 1 fully saturated rings. The Labute approximate surface area is 116 Å². The van der Waals surface area contributed by atoms with Crippen molar-refractivity contribution in [3.05, 3.63) is 42.0 Å². The minimum atomic E-state index is -0.954. The first-order valence-electron chi connectivity index (χ1n) is 6.88. The lowest BCUT2D eigenvalue weighted by atomic mass is 9.71. The summed E-state index contributed by atoms with van der Waals surface area (Å²) in [6.07, 6.45) is 6.76. The first-order valence-corrected chi connectivity index (χ1v) is 6.88. The van der Waals surface area contributed by atoms with Gasteiger partial charge in [-0.2, -0.15) is 0 Å². The molecule has 0 aromatic heterocycles. The Kier molecular flexibility index (Phi) is 3.53. The second kappa shape index (κ2) is 5.32. The van der Waals surface area contributed by atoms with Gasteiger partial charge in [0.2, 0.25) is 0 Å².